The molecule has 5 heteroatoms. The van der Waals surface area contributed by atoms with Crippen LogP contribution < -0.4 is 10.1 Å². The van der Waals surface area contributed by atoms with E-state index in [1.807, 2.05) is 12.1 Å². The quantitative estimate of drug-likeness (QED) is 0.625. The maximum atomic E-state index is 5.97. The Hall–Kier alpha value is -1.75. The molecule has 1 atom stereocenters. The number of benzene rings is 1. The highest BCUT2D eigenvalue weighted by molar-refractivity contribution is 5.80. The lowest BCUT2D eigenvalue weighted by Gasteiger charge is -2.25. The van der Waals surface area contributed by atoms with Gasteiger partial charge in [0.15, 0.2) is 5.96 Å². The first kappa shape index (κ1) is 19.0. The Kier molecular flexibility index (Phi) is 6.41. The number of nitrogens with one attached hydrogen (secondary N) is 1. The fraction of sp³-hybridized carbons (Fsp3) is 0.667. The predicted octanol–water partition coefficient (Wildman–Crippen LogP) is 3.30. The minimum absolute atomic E-state index is 0.342. The van der Waals surface area contributed by atoms with Crippen molar-refractivity contribution in [1.29, 1.82) is 0 Å². The molecule has 2 saturated heterocycles. The molecule has 2 fully saturated rings. The molecule has 2 aliphatic rings. The second-order valence-electron chi connectivity index (χ2n) is 7.96. The Morgan fingerprint density at radius 3 is 2.92 bits per heavy atom. The van der Waals surface area contributed by atoms with Gasteiger partial charge in [0.25, 0.3) is 0 Å². The van der Waals surface area contributed by atoms with Gasteiger partial charge in [0.2, 0.25) is 0 Å². The van der Waals surface area contributed by atoms with Crippen LogP contribution in [-0.4, -0.2) is 50.3 Å². The number of nitrogens with zero attached hydrogens (tertiary/aromatic N) is 2. The molecule has 2 aliphatic heterocycles. The molecule has 0 aromatic heterocycles. The molecule has 0 saturated carbocycles. The van der Waals surface area contributed by atoms with Crippen LogP contribution in [0.4, 0.5) is 0 Å². The van der Waals surface area contributed by atoms with Gasteiger partial charge in [0.1, 0.15) is 5.75 Å². The molecule has 0 radical (unpaired) electrons. The zero-order chi connectivity index (χ0) is 18.4. The number of hydrogen-bond acceptors (Lipinski definition) is 3. The van der Waals surface area contributed by atoms with Gasteiger partial charge in [0, 0.05) is 37.2 Å². The summed E-state index contributed by atoms with van der Waals surface area (Å²) in [5.74, 6) is 2.47. The lowest BCUT2D eigenvalue weighted by atomic mass is 9.87. The third-order valence-electron chi connectivity index (χ3n) is 5.20. The van der Waals surface area contributed by atoms with Crippen LogP contribution in [0.25, 0.3) is 0 Å². The van der Waals surface area contributed by atoms with Crippen LogP contribution in [0.1, 0.15) is 39.2 Å². The Morgan fingerprint density at radius 1 is 1.35 bits per heavy atom. The van der Waals surface area contributed by atoms with Crippen LogP contribution in [0.15, 0.2) is 29.3 Å². The van der Waals surface area contributed by atoms with E-state index in [-0.39, 0.29) is 0 Å². The summed E-state index contributed by atoms with van der Waals surface area (Å²) in [5, 5.41) is 3.47. The van der Waals surface area contributed by atoms with Crippen LogP contribution in [-0.2, 0) is 11.3 Å². The molecular weight excluding hydrogens is 326 g/mol. The SMILES string of the molecule is CCNC(=NCc1ccccc1OCC(C)C)N1CCC2(CCOC2)C1. The summed E-state index contributed by atoms with van der Waals surface area (Å²) in [5.41, 5.74) is 1.48. The normalized spacial score (nSPS) is 23.2. The zero-order valence-electron chi connectivity index (χ0n) is 16.5. The fourth-order valence-corrected chi connectivity index (χ4v) is 3.70. The van der Waals surface area contributed by atoms with Crippen molar-refractivity contribution in [2.24, 2.45) is 16.3 Å². The summed E-state index contributed by atoms with van der Waals surface area (Å²) in [6, 6.07) is 8.24. The van der Waals surface area contributed by atoms with Gasteiger partial charge >= 0.3 is 0 Å². The van der Waals surface area contributed by atoms with Crippen molar-refractivity contribution in [2.45, 2.75) is 40.2 Å². The molecule has 144 valence electrons. The van der Waals surface area contributed by atoms with Crippen molar-refractivity contribution in [3.8, 4) is 5.75 Å². The Bertz CT molecular complexity index is 609. The fourth-order valence-electron chi connectivity index (χ4n) is 3.70. The number of guanidine groups is 1. The number of rotatable bonds is 6. The largest absolute Gasteiger partial charge is 0.493 e. The van der Waals surface area contributed by atoms with E-state index in [0.717, 1.165) is 56.7 Å². The first-order chi connectivity index (χ1) is 12.6. The highest BCUT2D eigenvalue weighted by Gasteiger charge is 2.42. The van der Waals surface area contributed by atoms with Gasteiger partial charge in [-0.15, -0.1) is 0 Å². The van der Waals surface area contributed by atoms with Gasteiger partial charge in [-0.05, 0) is 31.7 Å². The van der Waals surface area contributed by atoms with Crippen molar-refractivity contribution in [1.82, 2.24) is 10.2 Å². The Balaban J connectivity index is 1.68. The van der Waals surface area contributed by atoms with Crippen molar-refractivity contribution in [3.63, 3.8) is 0 Å². The number of hydrogen-bond donors (Lipinski definition) is 1. The average Bonchev–Trinajstić information content (AvgIpc) is 3.27. The third kappa shape index (κ3) is 4.70. The summed E-state index contributed by atoms with van der Waals surface area (Å²) >= 11 is 0. The van der Waals surface area contributed by atoms with Crippen molar-refractivity contribution >= 4 is 5.96 Å². The number of para-hydroxylation sites is 1. The highest BCUT2D eigenvalue weighted by atomic mass is 16.5. The van der Waals surface area contributed by atoms with Crippen LogP contribution in [0.5, 0.6) is 5.75 Å². The number of aliphatic imine (C=N–C) groups is 1. The monoisotopic (exact) mass is 359 g/mol. The second kappa shape index (κ2) is 8.76. The Morgan fingerprint density at radius 2 is 2.19 bits per heavy atom. The van der Waals surface area contributed by atoms with Crippen LogP contribution >= 0.6 is 0 Å². The average molecular weight is 360 g/mol. The molecule has 1 aromatic carbocycles. The van der Waals surface area contributed by atoms with Crippen molar-refractivity contribution in [2.75, 3.05) is 39.5 Å². The van der Waals surface area contributed by atoms with Crippen molar-refractivity contribution in [3.05, 3.63) is 29.8 Å². The minimum Gasteiger partial charge on any atom is -0.493 e. The van der Waals surface area contributed by atoms with Gasteiger partial charge in [-0.25, -0.2) is 4.99 Å². The standard InChI is InChI=1S/C21H33N3O2/c1-4-22-20(24-11-9-21(15-24)10-12-25-16-21)23-13-18-7-5-6-8-19(18)26-14-17(2)3/h5-8,17H,4,9-16H2,1-3H3,(H,22,23). The maximum absolute atomic E-state index is 5.97. The summed E-state index contributed by atoms with van der Waals surface area (Å²) in [7, 11) is 0. The van der Waals surface area contributed by atoms with E-state index in [4.69, 9.17) is 14.5 Å². The number of ether oxygens (including phenoxy) is 2. The molecular formula is C21H33N3O2. The molecule has 1 aromatic rings. The minimum atomic E-state index is 0.342. The van der Waals surface area contributed by atoms with E-state index in [9.17, 15) is 0 Å². The molecule has 0 amide bonds. The molecule has 1 unspecified atom stereocenters. The van der Waals surface area contributed by atoms with Gasteiger partial charge in [0.05, 0.1) is 19.8 Å². The predicted molar refractivity (Wildman–Crippen MR) is 106 cm³/mol. The first-order valence-corrected chi connectivity index (χ1v) is 9.93. The summed E-state index contributed by atoms with van der Waals surface area (Å²) < 4.78 is 11.6. The van der Waals surface area contributed by atoms with Gasteiger partial charge in [-0.1, -0.05) is 32.0 Å². The van der Waals surface area contributed by atoms with Crippen LogP contribution in [0, 0.1) is 11.3 Å². The lowest BCUT2D eigenvalue weighted by Crippen LogP contribution is -2.41. The second-order valence-corrected chi connectivity index (χ2v) is 7.96. The van der Waals surface area contributed by atoms with E-state index < -0.39 is 0 Å². The van der Waals surface area contributed by atoms with E-state index in [1.54, 1.807) is 0 Å². The van der Waals surface area contributed by atoms with Crippen LogP contribution in [0.3, 0.4) is 0 Å². The zero-order valence-corrected chi connectivity index (χ0v) is 16.5. The molecule has 0 aliphatic carbocycles. The van der Waals surface area contributed by atoms with Crippen molar-refractivity contribution < 1.29 is 9.47 Å². The van der Waals surface area contributed by atoms with Gasteiger partial charge in [-0.2, -0.15) is 0 Å². The lowest BCUT2D eigenvalue weighted by molar-refractivity contribution is 0.156. The molecule has 0 bridgehead atoms. The van der Waals surface area contributed by atoms with Gasteiger partial charge < -0.3 is 19.7 Å². The third-order valence-corrected chi connectivity index (χ3v) is 5.20. The maximum Gasteiger partial charge on any atom is 0.194 e. The molecule has 3 rings (SSSR count). The first-order valence-electron chi connectivity index (χ1n) is 9.93. The molecule has 2 heterocycles. The van der Waals surface area contributed by atoms with Crippen LogP contribution in [0.2, 0.25) is 0 Å². The summed E-state index contributed by atoms with van der Waals surface area (Å²) in [6.45, 7) is 12.6. The number of likely N-dealkylation sites (tertiary alicyclic amines) is 1. The molecule has 1 spiro atoms. The van der Waals surface area contributed by atoms with E-state index in [1.165, 1.54) is 12.8 Å². The Labute approximate surface area is 157 Å². The van der Waals surface area contributed by atoms with E-state index >= 15 is 0 Å². The molecule has 5 nitrogen and oxygen atoms in total. The molecule has 1 N–H and O–H groups in total. The summed E-state index contributed by atoms with van der Waals surface area (Å²) in [4.78, 5) is 7.32. The molecule has 26 heavy (non-hydrogen) atoms. The van der Waals surface area contributed by atoms with E-state index in [0.29, 0.717) is 17.9 Å². The highest BCUT2D eigenvalue weighted by Crippen LogP contribution is 2.38. The van der Waals surface area contributed by atoms with Gasteiger partial charge in [-0.3, -0.25) is 0 Å². The smallest absolute Gasteiger partial charge is 0.194 e. The topological polar surface area (TPSA) is 46.1 Å². The summed E-state index contributed by atoms with van der Waals surface area (Å²) in [6.07, 6.45) is 2.38. The van der Waals surface area contributed by atoms with E-state index in [2.05, 4.69) is 43.1 Å².